The van der Waals surface area contributed by atoms with E-state index in [1.807, 2.05) is 91.5 Å². The van der Waals surface area contributed by atoms with Crippen molar-refractivity contribution in [2.24, 2.45) is 0 Å². The zero-order valence-electron chi connectivity index (χ0n) is 32.2. The average Bonchev–Trinajstić information content (AvgIpc) is 3.63. The van der Waals surface area contributed by atoms with E-state index in [-0.39, 0.29) is 0 Å². The Bertz CT molecular complexity index is 2980. The smallest absolute Gasteiger partial charge is 0.0963 e. The largest absolute Gasteiger partial charge is 0.309 e. The summed E-state index contributed by atoms with van der Waals surface area (Å²) in [7, 11) is 0. The van der Waals surface area contributed by atoms with Gasteiger partial charge in [-0.3, -0.25) is 19.9 Å². The molecular formula is C52H40N6. The van der Waals surface area contributed by atoms with Crippen LogP contribution < -0.4 is 4.90 Å². The van der Waals surface area contributed by atoms with Gasteiger partial charge in [0.25, 0.3) is 0 Å². The number of rotatable bonds is 11. The number of allylic oxidation sites excluding steroid dienone is 3. The van der Waals surface area contributed by atoms with Crippen LogP contribution in [-0.2, 0) is 6.42 Å². The zero-order chi connectivity index (χ0) is 39.4. The van der Waals surface area contributed by atoms with E-state index < -0.39 is 0 Å². The highest BCUT2D eigenvalue weighted by Gasteiger charge is 2.20. The maximum Gasteiger partial charge on any atom is 0.0963 e. The molecule has 0 spiro atoms. The summed E-state index contributed by atoms with van der Waals surface area (Å²) >= 11 is 0. The third kappa shape index (κ3) is 6.77. The number of hydrogen-bond donors (Lipinski definition) is 0. The Morgan fingerprint density at radius 3 is 2.05 bits per heavy atom. The van der Waals surface area contributed by atoms with E-state index in [1.165, 1.54) is 0 Å². The first kappa shape index (κ1) is 36.0. The molecule has 0 radical (unpaired) electrons. The summed E-state index contributed by atoms with van der Waals surface area (Å²) in [6, 6.07) is 52.1. The van der Waals surface area contributed by atoms with Gasteiger partial charge < -0.3 is 9.47 Å². The fraction of sp³-hybridized carbons (Fsp3) is 0.0385. The van der Waals surface area contributed by atoms with Crippen molar-refractivity contribution in [3.8, 4) is 39.3 Å². The van der Waals surface area contributed by atoms with Gasteiger partial charge in [0.1, 0.15) is 0 Å². The third-order valence-corrected chi connectivity index (χ3v) is 10.5. The van der Waals surface area contributed by atoms with Crippen molar-refractivity contribution in [3.63, 3.8) is 0 Å². The molecule has 0 aliphatic heterocycles. The van der Waals surface area contributed by atoms with Gasteiger partial charge in [0, 0.05) is 58.4 Å². The minimum atomic E-state index is 0.762. The van der Waals surface area contributed by atoms with Gasteiger partial charge in [-0.1, -0.05) is 99.0 Å². The normalized spacial score (nSPS) is 11.3. The van der Waals surface area contributed by atoms with Crippen LogP contribution in [-0.4, -0.2) is 24.5 Å². The molecule has 0 bridgehead atoms. The standard InChI is InChI=1S/C52H40N6/c1-4-46-50(24-14-32-53-46)57(37(3)27-26-36(2)41-18-5-7-20-43(41)47-22-9-11-30-54-47)39-16-13-17-40(35-39)58-49-29-28-38(34-45(49)52-51(58)25-15-33-56-52)42-19-6-8-21-44(42)48-23-10-12-31-55-48/h5-35H,2-4H2,1H3/b27-26-. The molecule has 0 fully saturated rings. The molecule has 58 heavy (non-hydrogen) atoms. The molecule has 9 aromatic rings. The number of benzene rings is 4. The van der Waals surface area contributed by atoms with Gasteiger partial charge in [-0.2, -0.15) is 0 Å². The van der Waals surface area contributed by atoms with E-state index in [1.54, 1.807) is 0 Å². The third-order valence-electron chi connectivity index (χ3n) is 10.5. The minimum Gasteiger partial charge on any atom is -0.309 e. The molecule has 0 aliphatic carbocycles. The van der Waals surface area contributed by atoms with Crippen molar-refractivity contribution >= 4 is 38.9 Å². The summed E-state index contributed by atoms with van der Waals surface area (Å²) in [5.41, 5.74) is 15.8. The number of fused-ring (bicyclic) bond motifs is 3. The van der Waals surface area contributed by atoms with Crippen LogP contribution in [0, 0.1) is 0 Å². The lowest BCUT2D eigenvalue weighted by molar-refractivity contribution is 1.01. The molecule has 5 aromatic heterocycles. The van der Waals surface area contributed by atoms with Crippen LogP contribution in [0.5, 0.6) is 0 Å². The molecule has 0 saturated carbocycles. The number of anilines is 2. The van der Waals surface area contributed by atoms with Gasteiger partial charge >= 0.3 is 0 Å². The molecular weight excluding hydrogens is 709 g/mol. The summed E-state index contributed by atoms with van der Waals surface area (Å²) in [5, 5.41) is 1.07. The number of nitrogens with zero attached hydrogens (tertiary/aromatic N) is 6. The first-order valence-electron chi connectivity index (χ1n) is 19.4. The van der Waals surface area contributed by atoms with Crippen LogP contribution in [0.1, 0.15) is 18.2 Å². The highest BCUT2D eigenvalue weighted by atomic mass is 15.2. The summed E-state index contributed by atoms with van der Waals surface area (Å²) in [4.78, 5) is 21.2. The Kier molecular flexibility index (Phi) is 9.80. The first-order chi connectivity index (χ1) is 28.6. The summed E-state index contributed by atoms with van der Waals surface area (Å²) in [5.74, 6) is 0. The molecule has 0 aliphatic rings. The average molecular weight is 749 g/mol. The lowest BCUT2D eigenvalue weighted by atomic mass is 9.96. The fourth-order valence-electron chi connectivity index (χ4n) is 7.77. The molecule has 6 nitrogen and oxygen atoms in total. The molecule has 0 saturated heterocycles. The van der Waals surface area contributed by atoms with Gasteiger partial charge in [-0.25, -0.2) is 0 Å². The number of aromatic nitrogens is 5. The molecule has 0 unspecified atom stereocenters. The Balaban J connectivity index is 1.13. The second-order valence-corrected chi connectivity index (χ2v) is 14.0. The lowest BCUT2D eigenvalue weighted by Gasteiger charge is -2.28. The van der Waals surface area contributed by atoms with Crippen LogP contribution in [0.3, 0.4) is 0 Å². The van der Waals surface area contributed by atoms with Crippen LogP contribution >= 0.6 is 0 Å². The molecule has 4 aromatic carbocycles. The second kappa shape index (κ2) is 15.8. The van der Waals surface area contributed by atoms with E-state index in [9.17, 15) is 0 Å². The van der Waals surface area contributed by atoms with Crippen molar-refractivity contribution in [2.45, 2.75) is 13.3 Å². The molecule has 5 heterocycles. The topological polar surface area (TPSA) is 59.7 Å². The lowest BCUT2D eigenvalue weighted by Crippen LogP contribution is -2.17. The number of hydrogen-bond acceptors (Lipinski definition) is 5. The van der Waals surface area contributed by atoms with Crippen LogP contribution in [0.15, 0.2) is 207 Å². The molecule has 278 valence electrons. The maximum absolute atomic E-state index is 4.93. The van der Waals surface area contributed by atoms with Crippen molar-refractivity contribution in [1.29, 1.82) is 0 Å². The van der Waals surface area contributed by atoms with E-state index in [2.05, 4.69) is 137 Å². The van der Waals surface area contributed by atoms with Gasteiger partial charge in [0.15, 0.2) is 0 Å². The summed E-state index contributed by atoms with van der Waals surface area (Å²) in [6.07, 6.45) is 12.2. The Morgan fingerprint density at radius 2 is 1.28 bits per heavy atom. The van der Waals surface area contributed by atoms with E-state index in [4.69, 9.17) is 9.97 Å². The number of aryl methyl sites for hydroxylation is 1. The highest BCUT2D eigenvalue weighted by Crippen LogP contribution is 2.39. The molecule has 0 N–H and O–H groups in total. The Hall–Kier alpha value is -7.70. The second-order valence-electron chi connectivity index (χ2n) is 14.0. The molecule has 6 heteroatoms. The summed E-state index contributed by atoms with van der Waals surface area (Å²) < 4.78 is 2.30. The van der Waals surface area contributed by atoms with Crippen molar-refractivity contribution in [2.75, 3.05) is 4.90 Å². The van der Waals surface area contributed by atoms with Gasteiger partial charge in [-0.15, -0.1) is 0 Å². The quantitative estimate of drug-likeness (QED) is 0.123. The number of pyridine rings is 4. The van der Waals surface area contributed by atoms with E-state index in [0.717, 1.165) is 102 Å². The first-order valence-corrected chi connectivity index (χ1v) is 19.4. The van der Waals surface area contributed by atoms with E-state index >= 15 is 0 Å². The minimum absolute atomic E-state index is 0.762. The fourth-order valence-corrected chi connectivity index (χ4v) is 7.77. The van der Waals surface area contributed by atoms with Gasteiger partial charge in [0.05, 0.1) is 39.3 Å². The maximum atomic E-state index is 4.93. The Labute approximate surface area is 338 Å². The van der Waals surface area contributed by atoms with Gasteiger partial charge in [-0.05, 0) is 114 Å². The van der Waals surface area contributed by atoms with Crippen LogP contribution in [0.25, 0.3) is 66.8 Å². The monoisotopic (exact) mass is 748 g/mol. The highest BCUT2D eigenvalue weighted by molar-refractivity contribution is 6.08. The van der Waals surface area contributed by atoms with E-state index in [0.29, 0.717) is 0 Å². The SMILES string of the molecule is C=C(/C=C\C(=C)N(c1cccc(-n2c3ccc(-c4ccccc4-c4ccccn4)cc3c3ncccc32)c1)c1cccnc1CC)c1ccccc1-c1ccccn1. The van der Waals surface area contributed by atoms with Crippen LogP contribution in [0.4, 0.5) is 11.4 Å². The Morgan fingerprint density at radius 1 is 0.586 bits per heavy atom. The predicted octanol–water partition coefficient (Wildman–Crippen LogP) is 12.8. The zero-order valence-corrected chi connectivity index (χ0v) is 32.2. The van der Waals surface area contributed by atoms with Gasteiger partial charge in [0.2, 0.25) is 0 Å². The summed E-state index contributed by atoms with van der Waals surface area (Å²) in [6.45, 7) is 11.2. The van der Waals surface area contributed by atoms with Crippen molar-refractivity contribution in [1.82, 2.24) is 24.5 Å². The molecule has 0 amide bonds. The predicted molar refractivity (Wildman–Crippen MR) is 240 cm³/mol. The molecule has 9 rings (SSSR count). The van der Waals surface area contributed by atoms with Crippen molar-refractivity contribution < 1.29 is 0 Å². The molecule has 0 atom stereocenters. The van der Waals surface area contributed by atoms with Crippen molar-refractivity contribution in [3.05, 3.63) is 219 Å². The van der Waals surface area contributed by atoms with Crippen LogP contribution in [0.2, 0.25) is 0 Å².